The van der Waals surface area contributed by atoms with Crippen LogP contribution in [0.3, 0.4) is 0 Å². The van der Waals surface area contributed by atoms with Crippen LogP contribution in [-0.4, -0.2) is 19.1 Å². The lowest BCUT2D eigenvalue weighted by atomic mass is 10.0. The standard InChI is InChI=1S/C40H26N4/c1-3-7-27(8-4-1)28-11-15-32(16-12-28)44-37-17-13-29(23-34(37)33-19-21-42-26-40(33)44)30-14-18-38-35(24-30)36-25-41-22-20-39(36)43(38)31-9-5-2-6-10-31/h1-26H. The van der Waals surface area contributed by atoms with E-state index in [1.165, 1.54) is 43.9 Å². The largest absolute Gasteiger partial charge is 0.309 e. The molecule has 0 radical (unpaired) electrons. The van der Waals surface area contributed by atoms with Crippen LogP contribution < -0.4 is 0 Å². The summed E-state index contributed by atoms with van der Waals surface area (Å²) in [6.07, 6.45) is 7.70. The molecule has 0 aliphatic carbocycles. The molecule has 5 aromatic carbocycles. The first-order valence-electron chi connectivity index (χ1n) is 14.8. The Hall–Kier alpha value is -6.00. The van der Waals surface area contributed by atoms with Gasteiger partial charge < -0.3 is 9.13 Å². The normalized spacial score (nSPS) is 11.6. The number of hydrogen-bond donors (Lipinski definition) is 0. The third kappa shape index (κ3) is 3.78. The molecule has 0 aliphatic heterocycles. The fourth-order valence-corrected chi connectivity index (χ4v) is 6.66. The Morgan fingerprint density at radius 3 is 1.59 bits per heavy atom. The van der Waals surface area contributed by atoms with Crippen LogP contribution in [0, 0.1) is 0 Å². The average Bonchev–Trinajstić information content (AvgIpc) is 3.61. The van der Waals surface area contributed by atoms with Gasteiger partial charge in [-0.2, -0.15) is 0 Å². The fraction of sp³-hybridized carbons (Fsp3) is 0. The van der Waals surface area contributed by atoms with E-state index in [9.17, 15) is 0 Å². The van der Waals surface area contributed by atoms with Crippen molar-refractivity contribution in [3.05, 3.63) is 158 Å². The molecule has 0 aliphatic rings. The second-order valence-electron chi connectivity index (χ2n) is 11.2. The summed E-state index contributed by atoms with van der Waals surface area (Å²) in [5.74, 6) is 0. The molecule has 0 N–H and O–H groups in total. The zero-order chi connectivity index (χ0) is 29.0. The average molecular weight is 563 g/mol. The monoisotopic (exact) mass is 562 g/mol. The molecule has 0 unspecified atom stereocenters. The second-order valence-corrected chi connectivity index (χ2v) is 11.2. The molecule has 0 saturated carbocycles. The van der Waals surface area contributed by atoms with Crippen molar-refractivity contribution >= 4 is 43.6 Å². The van der Waals surface area contributed by atoms with E-state index in [-0.39, 0.29) is 0 Å². The summed E-state index contributed by atoms with van der Waals surface area (Å²) >= 11 is 0. The minimum absolute atomic E-state index is 1.10. The summed E-state index contributed by atoms with van der Waals surface area (Å²) in [5.41, 5.74) is 11.6. The molecule has 0 fully saturated rings. The number of fused-ring (bicyclic) bond motifs is 6. The molecule has 206 valence electrons. The van der Waals surface area contributed by atoms with Crippen molar-refractivity contribution in [2.24, 2.45) is 0 Å². The van der Waals surface area contributed by atoms with Crippen molar-refractivity contribution in [2.75, 3.05) is 0 Å². The SMILES string of the molecule is c1ccc(-c2ccc(-n3c4ccc(-c5ccc6c(c5)c5cnccc5n6-c5ccccc5)cc4c4ccncc43)cc2)cc1. The van der Waals surface area contributed by atoms with Gasteiger partial charge in [0, 0.05) is 51.5 Å². The lowest BCUT2D eigenvalue weighted by Crippen LogP contribution is -1.94. The van der Waals surface area contributed by atoms with Gasteiger partial charge in [0.1, 0.15) is 0 Å². The van der Waals surface area contributed by atoms with Gasteiger partial charge in [-0.05, 0) is 82.9 Å². The predicted octanol–water partition coefficient (Wildman–Crippen LogP) is 10.0. The van der Waals surface area contributed by atoms with Gasteiger partial charge in [-0.25, -0.2) is 0 Å². The smallest absolute Gasteiger partial charge is 0.0724 e. The number of nitrogens with zero attached hydrogens (tertiary/aromatic N) is 4. The zero-order valence-corrected chi connectivity index (χ0v) is 23.8. The number of para-hydroxylation sites is 1. The first-order valence-corrected chi connectivity index (χ1v) is 14.8. The van der Waals surface area contributed by atoms with Crippen LogP contribution in [0.1, 0.15) is 0 Å². The molecule has 0 atom stereocenters. The molecule has 4 heteroatoms. The van der Waals surface area contributed by atoms with Crippen LogP contribution in [0.15, 0.2) is 158 Å². The number of aromatic nitrogens is 4. The Labute approximate surface area is 254 Å². The van der Waals surface area contributed by atoms with Gasteiger partial charge in [0.2, 0.25) is 0 Å². The number of pyridine rings is 2. The Bertz CT molecular complexity index is 2470. The van der Waals surface area contributed by atoms with E-state index in [4.69, 9.17) is 0 Å². The fourth-order valence-electron chi connectivity index (χ4n) is 6.66. The van der Waals surface area contributed by atoms with Gasteiger partial charge in [-0.15, -0.1) is 0 Å². The highest BCUT2D eigenvalue weighted by Gasteiger charge is 2.16. The van der Waals surface area contributed by atoms with E-state index in [0.717, 1.165) is 33.3 Å². The topological polar surface area (TPSA) is 35.6 Å². The summed E-state index contributed by atoms with van der Waals surface area (Å²) in [5, 5.41) is 4.74. The van der Waals surface area contributed by atoms with Gasteiger partial charge >= 0.3 is 0 Å². The first kappa shape index (κ1) is 24.6. The van der Waals surface area contributed by atoms with Crippen LogP contribution in [-0.2, 0) is 0 Å². The summed E-state index contributed by atoms with van der Waals surface area (Å²) in [7, 11) is 0. The van der Waals surface area contributed by atoms with Crippen LogP contribution >= 0.6 is 0 Å². The second kappa shape index (κ2) is 9.79. The predicted molar refractivity (Wildman–Crippen MR) is 182 cm³/mol. The van der Waals surface area contributed by atoms with Crippen LogP contribution in [0.4, 0.5) is 0 Å². The van der Waals surface area contributed by atoms with E-state index >= 15 is 0 Å². The lowest BCUT2D eigenvalue weighted by molar-refractivity contribution is 1.17. The Balaban J connectivity index is 1.20. The van der Waals surface area contributed by atoms with Crippen molar-refractivity contribution in [3.8, 4) is 33.6 Å². The molecule has 0 bridgehead atoms. The summed E-state index contributed by atoms with van der Waals surface area (Å²) in [6, 6.07) is 47.6. The molecule has 4 heterocycles. The van der Waals surface area contributed by atoms with Crippen molar-refractivity contribution in [1.82, 2.24) is 19.1 Å². The van der Waals surface area contributed by atoms with Gasteiger partial charge in [0.05, 0.1) is 28.3 Å². The molecule has 44 heavy (non-hydrogen) atoms. The molecular formula is C40H26N4. The van der Waals surface area contributed by atoms with Crippen LogP contribution in [0.5, 0.6) is 0 Å². The molecule has 9 rings (SSSR count). The molecule has 4 aromatic heterocycles. The summed E-state index contributed by atoms with van der Waals surface area (Å²) in [4.78, 5) is 8.98. The maximum absolute atomic E-state index is 4.50. The Morgan fingerprint density at radius 1 is 0.341 bits per heavy atom. The van der Waals surface area contributed by atoms with E-state index in [1.54, 1.807) is 0 Å². The molecule has 0 amide bonds. The van der Waals surface area contributed by atoms with Crippen molar-refractivity contribution in [3.63, 3.8) is 0 Å². The van der Waals surface area contributed by atoms with E-state index in [1.807, 2.05) is 24.8 Å². The van der Waals surface area contributed by atoms with Crippen molar-refractivity contribution in [2.45, 2.75) is 0 Å². The highest BCUT2D eigenvalue weighted by molar-refractivity contribution is 6.12. The number of rotatable bonds is 4. The molecule has 0 saturated heterocycles. The van der Waals surface area contributed by atoms with E-state index in [2.05, 4.69) is 153 Å². The minimum Gasteiger partial charge on any atom is -0.309 e. The van der Waals surface area contributed by atoms with E-state index < -0.39 is 0 Å². The molecule has 9 aromatic rings. The summed E-state index contributed by atoms with van der Waals surface area (Å²) < 4.78 is 4.64. The highest BCUT2D eigenvalue weighted by Crippen LogP contribution is 2.38. The number of hydrogen-bond acceptors (Lipinski definition) is 2. The molecule has 4 nitrogen and oxygen atoms in total. The third-order valence-electron chi connectivity index (χ3n) is 8.72. The molecular weight excluding hydrogens is 536 g/mol. The van der Waals surface area contributed by atoms with Gasteiger partial charge in [0.25, 0.3) is 0 Å². The first-order chi connectivity index (χ1) is 21.8. The third-order valence-corrected chi connectivity index (χ3v) is 8.72. The number of benzene rings is 5. The maximum atomic E-state index is 4.50. The van der Waals surface area contributed by atoms with Crippen molar-refractivity contribution < 1.29 is 0 Å². The Morgan fingerprint density at radius 2 is 0.864 bits per heavy atom. The van der Waals surface area contributed by atoms with Gasteiger partial charge in [-0.3, -0.25) is 9.97 Å². The van der Waals surface area contributed by atoms with Gasteiger partial charge in [0.15, 0.2) is 0 Å². The van der Waals surface area contributed by atoms with Crippen molar-refractivity contribution in [1.29, 1.82) is 0 Å². The molecule has 0 spiro atoms. The van der Waals surface area contributed by atoms with E-state index in [0.29, 0.717) is 0 Å². The minimum atomic E-state index is 1.10. The summed E-state index contributed by atoms with van der Waals surface area (Å²) in [6.45, 7) is 0. The lowest BCUT2D eigenvalue weighted by Gasteiger charge is -2.10. The quantitative estimate of drug-likeness (QED) is 0.214. The Kier molecular flexibility index (Phi) is 5.47. The highest BCUT2D eigenvalue weighted by atomic mass is 15.0. The van der Waals surface area contributed by atoms with Crippen LogP contribution in [0.2, 0.25) is 0 Å². The van der Waals surface area contributed by atoms with Gasteiger partial charge in [-0.1, -0.05) is 72.8 Å². The van der Waals surface area contributed by atoms with Crippen LogP contribution in [0.25, 0.3) is 77.2 Å². The maximum Gasteiger partial charge on any atom is 0.0724 e. The zero-order valence-electron chi connectivity index (χ0n) is 23.8.